The van der Waals surface area contributed by atoms with E-state index in [4.69, 9.17) is 0 Å². The lowest BCUT2D eigenvalue weighted by Crippen LogP contribution is -2.30. The van der Waals surface area contributed by atoms with E-state index in [0.717, 1.165) is 17.5 Å². The van der Waals surface area contributed by atoms with Gasteiger partial charge in [-0.15, -0.1) is 0 Å². The van der Waals surface area contributed by atoms with Crippen LogP contribution in [0, 0.1) is 0 Å². The summed E-state index contributed by atoms with van der Waals surface area (Å²) in [5, 5.41) is 11.9. The number of aromatic nitrogens is 1. The van der Waals surface area contributed by atoms with Crippen LogP contribution in [-0.2, 0) is 29.0 Å². The molecule has 0 bridgehead atoms. The van der Waals surface area contributed by atoms with Crippen LogP contribution in [-0.4, -0.2) is 21.6 Å². The molecule has 3 aromatic rings. The van der Waals surface area contributed by atoms with Crippen LogP contribution < -0.4 is 10.9 Å². The summed E-state index contributed by atoms with van der Waals surface area (Å²) < 4.78 is 1.20. The first-order valence-electron chi connectivity index (χ1n) is 9.85. The van der Waals surface area contributed by atoms with Gasteiger partial charge in [0.2, 0.25) is 5.91 Å². The van der Waals surface area contributed by atoms with Gasteiger partial charge in [0.05, 0.1) is 0 Å². The van der Waals surface area contributed by atoms with Gasteiger partial charge >= 0.3 is 5.97 Å². The molecule has 0 spiro atoms. The van der Waals surface area contributed by atoms with E-state index in [0.29, 0.717) is 18.5 Å². The maximum absolute atomic E-state index is 12.8. The highest BCUT2D eigenvalue weighted by atomic mass is 16.4. The van der Waals surface area contributed by atoms with Crippen molar-refractivity contribution in [3.63, 3.8) is 0 Å². The molecule has 1 aromatic heterocycles. The average molecular weight is 404 g/mol. The lowest BCUT2D eigenvalue weighted by Gasteiger charge is -2.14. The van der Waals surface area contributed by atoms with Crippen molar-refractivity contribution < 1.29 is 14.7 Å². The molecule has 0 saturated heterocycles. The number of hydrogen-bond acceptors (Lipinski definition) is 3. The Balaban J connectivity index is 1.70. The molecule has 0 radical (unpaired) electrons. The molecule has 1 amide bonds. The Bertz CT molecular complexity index is 1060. The Hall–Kier alpha value is -3.67. The molecule has 0 fully saturated rings. The third kappa shape index (κ3) is 5.91. The van der Waals surface area contributed by atoms with E-state index in [1.165, 1.54) is 4.57 Å². The molecular weight excluding hydrogens is 380 g/mol. The highest BCUT2D eigenvalue weighted by Crippen LogP contribution is 2.12. The fourth-order valence-corrected chi connectivity index (χ4v) is 3.29. The Morgan fingerprint density at radius 2 is 1.50 bits per heavy atom. The highest BCUT2D eigenvalue weighted by Gasteiger charge is 2.14. The van der Waals surface area contributed by atoms with Crippen LogP contribution in [0.3, 0.4) is 0 Å². The molecule has 3 rings (SSSR count). The number of nitrogens with one attached hydrogen (secondary N) is 1. The van der Waals surface area contributed by atoms with Crippen molar-refractivity contribution in [2.75, 3.05) is 5.32 Å². The van der Waals surface area contributed by atoms with E-state index >= 15 is 0 Å². The number of carbonyl (C=O) groups is 2. The second kappa shape index (κ2) is 10.2. The van der Waals surface area contributed by atoms with Gasteiger partial charge in [-0.2, -0.15) is 0 Å². The zero-order chi connectivity index (χ0) is 21.3. The summed E-state index contributed by atoms with van der Waals surface area (Å²) in [5.74, 6) is -1.38. The molecule has 0 aliphatic rings. The zero-order valence-electron chi connectivity index (χ0n) is 16.6. The number of benzene rings is 2. The fraction of sp³-hybridized carbons (Fsp3) is 0.208. The summed E-state index contributed by atoms with van der Waals surface area (Å²) in [6, 6.07) is 22.6. The van der Waals surface area contributed by atoms with Crippen LogP contribution in [0.25, 0.3) is 0 Å². The summed E-state index contributed by atoms with van der Waals surface area (Å²) in [5.41, 5.74) is 2.28. The smallest absolute Gasteiger partial charge is 0.323 e. The van der Waals surface area contributed by atoms with E-state index in [1.807, 2.05) is 60.7 Å². The van der Waals surface area contributed by atoms with Gasteiger partial charge in [-0.3, -0.25) is 19.0 Å². The van der Waals surface area contributed by atoms with E-state index in [1.54, 1.807) is 12.1 Å². The molecule has 2 aromatic carbocycles. The van der Waals surface area contributed by atoms with Gasteiger partial charge in [-0.1, -0.05) is 60.7 Å². The first-order chi connectivity index (χ1) is 14.5. The van der Waals surface area contributed by atoms with E-state index in [2.05, 4.69) is 5.32 Å². The predicted octanol–water partition coefficient (Wildman–Crippen LogP) is 3.49. The first kappa shape index (κ1) is 21.0. The molecule has 6 nitrogen and oxygen atoms in total. The summed E-state index contributed by atoms with van der Waals surface area (Å²) in [6.45, 7) is -0.460. The van der Waals surface area contributed by atoms with Crippen molar-refractivity contribution in [3.05, 3.63) is 100.0 Å². The normalized spacial score (nSPS) is 10.5. The maximum atomic E-state index is 12.8. The lowest BCUT2D eigenvalue weighted by atomic mass is 10.1. The van der Waals surface area contributed by atoms with Crippen LogP contribution >= 0.6 is 0 Å². The number of rotatable bonds is 9. The molecule has 0 aliphatic heterocycles. The molecule has 0 unspecified atom stereocenters. The van der Waals surface area contributed by atoms with E-state index < -0.39 is 18.1 Å². The Labute approximate surface area is 174 Å². The monoisotopic (exact) mass is 404 g/mol. The first-order valence-corrected chi connectivity index (χ1v) is 9.85. The molecule has 154 valence electrons. The third-order valence-electron chi connectivity index (χ3n) is 4.77. The fourth-order valence-electron chi connectivity index (χ4n) is 3.29. The minimum Gasteiger partial charge on any atom is -0.480 e. The number of nitrogens with zero attached hydrogens (tertiary/aromatic N) is 1. The van der Waals surface area contributed by atoms with Crippen LogP contribution in [0.2, 0.25) is 0 Å². The van der Waals surface area contributed by atoms with Gasteiger partial charge in [-0.25, -0.2) is 0 Å². The lowest BCUT2D eigenvalue weighted by molar-refractivity contribution is -0.137. The minimum atomic E-state index is -1.11. The second-order valence-electron chi connectivity index (χ2n) is 7.07. The number of aryl methyl sites for hydroxylation is 1. The van der Waals surface area contributed by atoms with Crippen molar-refractivity contribution >= 4 is 17.6 Å². The summed E-state index contributed by atoms with van der Waals surface area (Å²) >= 11 is 0. The Kier molecular flexibility index (Phi) is 7.16. The van der Waals surface area contributed by atoms with Gasteiger partial charge in [-0.05, 0) is 36.1 Å². The van der Waals surface area contributed by atoms with Crippen LogP contribution in [0.15, 0.2) is 77.6 Å². The van der Waals surface area contributed by atoms with Crippen LogP contribution in [0.5, 0.6) is 0 Å². The van der Waals surface area contributed by atoms with Crippen LogP contribution in [0.4, 0.5) is 5.69 Å². The van der Waals surface area contributed by atoms with Gasteiger partial charge < -0.3 is 10.4 Å². The maximum Gasteiger partial charge on any atom is 0.323 e. The predicted molar refractivity (Wildman–Crippen MR) is 116 cm³/mol. The number of hydrogen-bond donors (Lipinski definition) is 2. The Morgan fingerprint density at radius 3 is 2.13 bits per heavy atom. The summed E-state index contributed by atoms with van der Waals surface area (Å²) in [6.07, 6.45) is 2.13. The number of pyridine rings is 1. The number of carbonyl (C=O) groups excluding carboxylic acids is 1. The van der Waals surface area contributed by atoms with Gasteiger partial charge in [0.1, 0.15) is 12.2 Å². The van der Waals surface area contributed by atoms with E-state index in [-0.39, 0.29) is 18.0 Å². The van der Waals surface area contributed by atoms with Gasteiger partial charge in [0.15, 0.2) is 0 Å². The minimum absolute atomic E-state index is 0.0952. The summed E-state index contributed by atoms with van der Waals surface area (Å²) in [7, 11) is 0. The van der Waals surface area contributed by atoms with E-state index in [9.17, 15) is 19.5 Å². The SMILES string of the molecule is O=C(O)Cn1c(Cc2ccccc2)ccc(NC(=O)CCCc2ccccc2)c1=O. The Morgan fingerprint density at radius 1 is 0.867 bits per heavy atom. The number of aliphatic carboxylic acids is 1. The molecule has 2 N–H and O–H groups in total. The molecule has 0 aliphatic carbocycles. The molecule has 30 heavy (non-hydrogen) atoms. The number of carboxylic acid groups (broad SMARTS) is 1. The number of carboxylic acids is 1. The number of anilines is 1. The van der Waals surface area contributed by atoms with Crippen molar-refractivity contribution in [1.29, 1.82) is 0 Å². The third-order valence-corrected chi connectivity index (χ3v) is 4.77. The van der Waals surface area contributed by atoms with Crippen LogP contribution in [0.1, 0.15) is 29.7 Å². The zero-order valence-corrected chi connectivity index (χ0v) is 16.6. The van der Waals surface area contributed by atoms with Crippen molar-refractivity contribution in [1.82, 2.24) is 4.57 Å². The topological polar surface area (TPSA) is 88.4 Å². The molecule has 0 saturated carbocycles. The quantitative estimate of drug-likeness (QED) is 0.571. The van der Waals surface area contributed by atoms with Crippen molar-refractivity contribution in [3.8, 4) is 0 Å². The van der Waals surface area contributed by atoms with Gasteiger partial charge in [0.25, 0.3) is 5.56 Å². The molecular formula is C24H24N2O4. The summed E-state index contributed by atoms with van der Waals surface area (Å²) in [4.78, 5) is 36.4. The standard InChI is InChI=1S/C24H24N2O4/c27-22(13-7-12-18-8-3-1-4-9-18)25-21-15-14-20(16-19-10-5-2-6-11-19)26(24(21)30)17-23(28)29/h1-6,8-11,14-15H,7,12-13,16-17H2,(H,25,27)(H,28,29). The van der Waals surface area contributed by atoms with Crippen molar-refractivity contribution in [2.45, 2.75) is 32.2 Å². The largest absolute Gasteiger partial charge is 0.480 e. The average Bonchev–Trinajstić information content (AvgIpc) is 2.74. The van der Waals surface area contributed by atoms with Gasteiger partial charge in [0, 0.05) is 18.5 Å². The number of amides is 1. The molecule has 0 atom stereocenters. The second-order valence-corrected chi connectivity index (χ2v) is 7.07. The molecule has 6 heteroatoms. The van der Waals surface area contributed by atoms with Crippen molar-refractivity contribution in [2.24, 2.45) is 0 Å². The molecule has 1 heterocycles. The highest BCUT2D eigenvalue weighted by molar-refractivity contribution is 5.90.